The number of hydrogen-bond donors (Lipinski definition) is 0. The van der Waals surface area contributed by atoms with E-state index in [0.717, 1.165) is 32.0 Å². The Labute approximate surface area is 158 Å². The van der Waals surface area contributed by atoms with Gasteiger partial charge in [-0.25, -0.2) is 9.37 Å². The van der Waals surface area contributed by atoms with Crippen molar-refractivity contribution in [3.63, 3.8) is 0 Å². The number of aromatic nitrogens is 1. The van der Waals surface area contributed by atoms with Gasteiger partial charge >= 0.3 is 0 Å². The maximum atomic E-state index is 13.4. The van der Waals surface area contributed by atoms with Crippen LogP contribution in [0.25, 0.3) is 0 Å². The lowest BCUT2D eigenvalue weighted by molar-refractivity contribution is -0.135. The molecule has 144 valence electrons. The average molecular weight is 385 g/mol. The first-order valence-corrected chi connectivity index (χ1v) is 9.17. The number of carbonyl (C=O) groups excluding carboxylic acids is 2. The third kappa shape index (κ3) is 5.38. The molecule has 0 aromatic carbocycles. The smallest absolute Gasteiger partial charge is 0.255 e. The van der Waals surface area contributed by atoms with E-state index in [1.807, 2.05) is 0 Å². The summed E-state index contributed by atoms with van der Waals surface area (Å²) in [6, 6.07) is 1.09. The maximum absolute atomic E-state index is 13.4. The highest BCUT2D eigenvalue weighted by atomic mass is 35.5. The summed E-state index contributed by atoms with van der Waals surface area (Å²) < 4.78 is 13.4. The molecule has 6 nitrogen and oxygen atoms in total. The fourth-order valence-corrected chi connectivity index (χ4v) is 3.19. The van der Waals surface area contributed by atoms with Crippen molar-refractivity contribution in [2.24, 2.45) is 5.92 Å². The predicted molar refractivity (Wildman–Crippen MR) is 98.6 cm³/mol. The normalized spacial score (nSPS) is 15.7. The largest absolute Gasteiger partial charge is 0.345 e. The fourth-order valence-electron chi connectivity index (χ4n) is 3.08. The van der Waals surface area contributed by atoms with Crippen LogP contribution in [0.5, 0.6) is 0 Å². The van der Waals surface area contributed by atoms with Crippen LogP contribution in [0.1, 0.15) is 29.6 Å². The van der Waals surface area contributed by atoms with E-state index in [1.165, 1.54) is 11.1 Å². The second-order valence-corrected chi connectivity index (χ2v) is 7.27. The molecule has 2 amide bonds. The molecule has 8 heteroatoms. The van der Waals surface area contributed by atoms with Gasteiger partial charge in [-0.1, -0.05) is 11.6 Å². The van der Waals surface area contributed by atoms with E-state index < -0.39 is 5.82 Å². The Morgan fingerprint density at radius 1 is 1.27 bits per heavy atom. The summed E-state index contributed by atoms with van der Waals surface area (Å²) in [4.78, 5) is 33.9. The molecule has 26 heavy (non-hydrogen) atoms. The molecule has 1 aromatic rings. The first-order chi connectivity index (χ1) is 12.3. The highest BCUT2D eigenvalue weighted by Gasteiger charge is 2.25. The number of piperidine rings is 1. The molecule has 2 rings (SSSR count). The molecule has 0 saturated carbocycles. The lowest BCUT2D eigenvalue weighted by Crippen LogP contribution is -2.40. The first-order valence-electron chi connectivity index (χ1n) is 8.79. The quantitative estimate of drug-likeness (QED) is 0.705. The number of carbonyl (C=O) groups is 2. The van der Waals surface area contributed by atoms with Gasteiger partial charge in [0.15, 0.2) is 11.0 Å². The zero-order valence-corrected chi connectivity index (χ0v) is 16.3. The van der Waals surface area contributed by atoms with Gasteiger partial charge in [-0.2, -0.15) is 0 Å². The standard InChI is InChI=1S/C18H26ClFN4O2/c1-22-9-5-13(6-10-22)17(25)23(2)7-4-8-24(3)18(26)14-11-15(20)16(19)21-12-14/h11-13H,4-10H2,1-3H3. The van der Waals surface area contributed by atoms with Gasteiger partial charge in [-0.3, -0.25) is 9.59 Å². The van der Waals surface area contributed by atoms with Gasteiger partial charge in [0.2, 0.25) is 5.91 Å². The van der Waals surface area contributed by atoms with Crippen molar-refractivity contribution >= 4 is 23.4 Å². The Balaban J connectivity index is 1.78. The van der Waals surface area contributed by atoms with E-state index in [9.17, 15) is 14.0 Å². The van der Waals surface area contributed by atoms with Crippen molar-refractivity contribution in [3.8, 4) is 0 Å². The van der Waals surface area contributed by atoms with Gasteiger partial charge in [0.25, 0.3) is 5.91 Å². The topological polar surface area (TPSA) is 56.8 Å². The molecule has 1 aliphatic heterocycles. The summed E-state index contributed by atoms with van der Waals surface area (Å²) in [5.74, 6) is -0.763. The van der Waals surface area contributed by atoms with Gasteiger partial charge in [0, 0.05) is 39.3 Å². The minimum atomic E-state index is -0.714. The van der Waals surface area contributed by atoms with Crippen molar-refractivity contribution in [2.75, 3.05) is 47.3 Å². The van der Waals surface area contributed by atoms with Crippen molar-refractivity contribution in [2.45, 2.75) is 19.3 Å². The van der Waals surface area contributed by atoms with Crippen LogP contribution in [0.3, 0.4) is 0 Å². The van der Waals surface area contributed by atoms with Crippen LogP contribution < -0.4 is 0 Å². The lowest BCUT2D eigenvalue weighted by Gasteiger charge is -2.31. The highest BCUT2D eigenvalue weighted by molar-refractivity contribution is 6.29. The molecule has 0 radical (unpaired) electrons. The number of halogens is 2. The molecule has 0 atom stereocenters. The summed E-state index contributed by atoms with van der Waals surface area (Å²) in [5, 5.41) is -0.252. The third-order valence-corrected chi connectivity index (χ3v) is 5.10. The number of rotatable bonds is 6. The number of hydrogen-bond acceptors (Lipinski definition) is 4. The van der Waals surface area contributed by atoms with Crippen molar-refractivity contribution in [1.82, 2.24) is 19.7 Å². The van der Waals surface area contributed by atoms with Gasteiger partial charge < -0.3 is 14.7 Å². The zero-order valence-electron chi connectivity index (χ0n) is 15.5. The Hall–Kier alpha value is -1.73. The molecule has 0 spiro atoms. The van der Waals surface area contributed by atoms with E-state index in [0.29, 0.717) is 19.5 Å². The van der Waals surface area contributed by atoms with Gasteiger partial charge in [0.1, 0.15) is 0 Å². The minimum absolute atomic E-state index is 0.0960. The number of nitrogens with zero attached hydrogens (tertiary/aromatic N) is 4. The van der Waals surface area contributed by atoms with Gasteiger partial charge in [-0.15, -0.1) is 0 Å². The van der Waals surface area contributed by atoms with Gasteiger partial charge in [-0.05, 0) is 45.5 Å². The molecule has 0 unspecified atom stereocenters. The summed E-state index contributed by atoms with van der Waals surface area (Å²) >= 11 is 5.53. The predicted octanol–water partition coefficient (Wildman–Crippen LogP) is 2.14. The molecular formula is C18H26ClFN4O2. The molecule has 1 saturated heterocycles. The molecule has 1 aromatic heterocycles. The Morgan fingerprint density at radius 3 is 2.50 bits per heavy atom. The van der Waals surface area contributed by atoms with Crippen LogP contribution in [0.4, 0.5) is 4.39 Å². The maximum Gasteiger partial charge on any atom is 0.255 e. The highest BCUT2D eigenvalue weighted by Crippen LogP contribution is 2.18. The second kappa shape index (κ2) is 9.28. The monoisotopic (exact) mass is 384 g/mol. The Morgan fingerprint density at radius 2 is 1.88 bits per heavy atom. The SMILES string of the molecule is CN1CCC(C(=O)N(C)CCCN(C)C(=O)c2cnc(Cl)c(F)c2)CC1. The van der Waals surface area contributed by atoms with Gasteiger partial charge in [0.05, 0.1) is 5.56 Å². The van der Waals surface area contributed by atoms with Crippen molar-refractivity contribution in [3.05, 3.63) is 28.8 Å². The van der Waals surface area contributed by atoms with E-state index in [4.69, 9.17) is 11.6 Å². The zero-order chi connectivity index (χ0) is 19.3. The summed E-state index contributed by atoms with van der Waals surface area (Å²) in [6.45, 7) is 2.95. The molecule has 0 bridgehead atoms. The minimum Gasteiger partial charge on any atom is -0.345 e. The Kier molecular flexibility index (Phi) is 7.34. The molecule has 0 N–H and O–H groups in total. The average Bonchev–Trinajstić information content (AvgIpc) is 2.63. The van der Waals surface area contributed by atoms with Crippen LogP contribution in [-0.2, 0) is 4.79 Å². The lowest BCUT2D eigenvalue weighted by atomic mass is 9.96. The first kappa shape index (κ1) is 20.6. The Bertz CT molecular complexity index is 650. The third-order valence-electron chi connectivity index (χ3n) is 4.82. The number of amides is 2. The van der Waals surface area contributed by atoms with E-state index in [1.54, 1.807) is 19.0 Å². The summed E-state index contributed by atoms with van der Waals surface area (Å²) in [5.41, 5.74) is 0.158. The van der Waals surface area contributed by atoms with E-state index >= 15 is 0 Å². The molecule has 0 aliphatic carbocycles. The number of pyridine rings is 1. The van der Waals surface area contributed by atoms with Crippen LogP contribution in [0, 0.1) is 11.7 Å². The van der Waals surface area contributed by atoms with Crippen LogP contribution in [0.2, 0.25) is 5.15 Å². The molecule has 1 aliphatic rings. The summed E-state index contributed by atoms with van der Waals surface area (Å²) in [7, 11) is 5.52. The molecular weight excluding hydrogens is 359 g/mol. The van der Waals surface area contributed by atoms with E-state index in [-0.39, 0.29) is 28.4 Å². The van der Waals surface area contributed by atoms with Crippen LogP contribution in [0.15, 0.2) is 12.3 Å². The van der Waals surface area contributed by atoms with Crippen molar-refractivity contribution in [1.29, 1.82) is 0 Å². The molecule has 1 fully saturated rings. The fraction of sp³-hybridized carbons (Fsp3) is 0.611. The van der Waals surface area contributed by atoms with Crippen LogP contribution >= 0.6 is 11.6 Å². The summed E-state index contributed by atoms with van der Waals surface area (Å²) in [6.07, 6.45) is 3.71. The van der Waals surface area contributed by atoms with E-state index in [2.05, 4.69) is 16.9 Å². The van der Waals surface area contributed by atoms with Crippen molar-refractivity contribution < 1.29 is 14.0 Å². The second-order valence-electron chi connectivity index (χ2n) is 6.91. The van der Waals surface area contributed by atoms with Crippen LogP contribution in [-0.4, -0.2) is 78.8 Å². The molecule has 2 heterocycles. The number of likely N-dealkylation sites (tertiary alicyclic amines) is 1.